The maximum Gasteiger partial charge on any atom is 0.169 e. The molecule has 0 radical (unpaired) electrons. The Morgan fingerprint density at radius 1 is 1.31 bits per heavy atom. The predicted molar refractivity (Wildman–Crippen MR) is 50.9 cm³/mol. The number of Topliss-reactive ketones (excluding diaryl/α,β-unsaturated/α-hetero) is 1. The highest BCUT2D eigenvalue weighted by Gasteiger charge is 2.54. The topological polar surface area (TPSA) is 17.1 Å². The van der Waals surface area contributed by atoms with Crippen molar-refractivity contribution in [2.24, 2.45) is 5.41 Å². The van der Waals surface area contributed by atoms with Gasteiger partial charge in [0.2, 0.25) is 0 Å². The molecule has 1 aromatic rings. The summed E-state index contributed by atoms with van der Waals surface area (Å²) in [5.74, 6) is 0.409. The van der Waals surface area contributed by atoms with Crippen LogP contribution in [-0.4, -0.2) is 5.78 Å². The van der Waals surface area contributed by atoms with Crippen molar-refractivity contribution in [3.05, 3.63) is 34.9 Å². The summed E-state index contributed by atoms with van der Waals surface area (Å²) in [7, 11) is 0. The number of hydrogen-bond acceptors (Lipinski definition) is 1. The van der Waals surface area contributed by atoms with Crippen molar-refractivity contribution >= 4 is 5.78 Å². The minimum atomic E-state index is 0.0656. The second kappa shape index (κ2) is 2.03. The summed E-state index contributed by atoms with van der Waals surface area (Å²) in [4.78, 5) is 11.9. The normalized spacial score (nSPS) is 22.1. The van der Waals surface area contributed by atoms with Crippen LogP contribution in [0.25, 0.3) is 0 Å². The maximum absolute atomic E-state index is 11.9. The van der Waals surface area contributed by atoms with Crippen LogP contribution < -0.4 is 0 Å². The maximum atomic E-state index is 11.9. The first-order valence-electron chi connectivity index (χ1n) is 4.86. The quantitative estimate of drug-likeness (QED) is 0.587. The zero-order valence-electron chi connectivity index (χ0n) is 7.76. The molecule has 0 aromatic heterocycles. The average Bonchev–Trinajstić information content (AvgIpc) is 2.83. The molecule has 0 aliphatic heterocycles. The molecule has 1 heteroatoms. The van der Waals surface area contributed by atoms with E-state index < -0.39 is 0 Å². The Morgan fingerprint density at radius 2 is 2.08 bits per heavy atom. The van der Waals surface area contributed by atoms with Crippen LogP contribution in [0.3, 0.4) is 0 Å². The minimum absolute atomic E-state index is 0.0656. The Balaban J connectivity index is 2.18. The number of aryl methyl sites for hydroxylation is 1. The Morgan fingerprint density at radius 3 is 2.77 bits per heavy atom. The van der Waals surface area contributed by atoms with Crippen molar-refractivity contribution in [3.8, 4) is 0 Å². The van der Waals surface area contributed by atoms with Crippen molar-refractivity contribution in [3.63, 3.8) is 0 Å². The molecule has 0 unspecified atom stereocenters. The van der Waals surface area contributed by atoms with Gasteiger partial charge in [0.1, 0.15) is 0 Å². The lowest BCUT2D eigenvalue weighted by Crippen LogP contribution is -2.08. The number of hydrogen-bond donors (Lipinski definition) is 0. The van der Waals surface area contributed by atoms with Gasteiger partial charge in [-0.25, -0.2) is 0 Å². The molecular formula is C12H12O. The molecule has 0 bridgehead atoms. The number of carbonyl (C=O) groups is 1. The summed E-state index contributed by atoms with van der Waals surface area (Å²) in [5, 5.41) is 0. The molecule has 0 N–H and O–H groups in total. The molecule has 1 spiro atoms. The highest BCUT2D eigenvalue weighted by Crippen LogP contribution is 2.55. The summed E-state index contributed by atoms with van der Waals surface area (Å²) >= 11 is 0. The van der Waals surface area contributed by atoms with Gasteiger partial charge in [-0.1, -0.05) is 17.7 Å². The van der Waals surface area contributed by atoms with Crippen LogP contribution in [0.4, 0.5) is 0 Å². The van der Waals surface area contributed by atoms with E-state index >= 15 is 0 Å². The summed E-state index contributed by atoms with van der Waals surface area (Å²) in [6.07, 6.45) is 3.22. The van der Waals surface area contributed by atoms with Gasteiger partial charge in [-0.2, -0.15) is 0 Å². The number of ketones is 1. The molecule has 66 valence electrons. The molecule has 2 aliphatic rings. The first-order chi connectivity index (χ1) is 6.21. The van der Waals surface area contributed by atoms with Gasteiger partial charge < -0.3 is 0 Å². The van der Waals surface area contributed by atoms with Crippen LogP contribution in [-0.2, 0) is 6.42 Å². The van der Waals surface area contributed by atoms with E-state index in [9.17, 15) is 4.79 Å². The van der Waals surface area contributed by atoms with Crippen molar-refractivity contribution < 1.29 is 4.79 Å². The molecule has 1 aromatic carbocycles. The molecule has 0 heterocycles. The summed E-state index contributed by atoms with van der Waals surface area (Å²) in [5.41, 5.74) is 3.53. The molecule has 1 nitrogen and oxygen atoms in total. The van der Waals surface area contributed by atoms with Gasteiger partial charge in [0, 0.05) is 11.0 Å². The fourth-order valence-electron chi connectivity index (χ4n) is 2.34. The molecule has 0 atom stereocenters. The van der Waals surface area contributed by atoms with Crippen LogP contribution in [0.2, 0.25) is 0 Å². The van der Waals surface area contributed by atoms with E-state index in [0.29, 0.717) is 5.78 Å². The molecule has 1 saturated carbocycles. The monoisotopic (exact) mass is 172 g/mol. The second-order valence-corrected chi connectivity index (χ2v) is 4.45. The van der Waals surface area contributed by atoms with E-state index in [2.05, 4.69) is 12.1 Å². The summed E-state index contributed by atoms with van der Waals surface area (Å²) < 4.78 is 0. The Bertz CT molecular complexity index is 400. The van der Waals surface area contributed by atoms with Crippen LogP contribution in [0.1, 0.15) is 34.3 Å². The van der Waals surface area contributed by atoms with Crippen LogP contribution in [0.15, 0.2) is 18.2 Å². The van der Waals surface area contributed by atoms with Crippen molar-refractivity contribution in [2.45, 2.75) is 26.2 Å². The van der Waals surface area contributed by atoms with E-state index in [1.807, 2.05) is 13.0 Å². The summed E-state index contributed by atoms with van der Waals surface area (Å²) in [6.45, 7) is 2.05. The zero-order valence-corrected chi connectivity index (χ0v) is 7.76. The van der Waals surface area contributed by atoms with E-state index in [4.69, 9.17) is 0 Å². The summed E-state index contributed by atoms with van der Waals surface area (Å²) in [6, 6.07) is 6.27. The van der Waals surface area contributed by atoms with Crippen molar-refractivity contribution in [1.29, 1.82) is 0 Å². The van der Waals surface area contributed by atoms with Gasteiger partial charge in [0.25, 0.3) is 0 Å². The lowest BCUT2D eigenvalue weighted by molar-refractivity contribution is 0.0919. The van der Waals surface area contributed by atoms with Crippen molar-refractivity contribution in [1.82, 2.24) is 0 Å². The van der Waals surface area contributed by atoms with Crippen LogP contribution in [0.5, 0.6) is 0 Å². The largest absolute Gasteiger partial charge is 0.294 e. The molecule has 2 aliphatic carbocycles. The number of rotatable bonds is 0. The fourth-order valence-corrected chi connectivity index (χ4v) is 2.34. The molecule has 1 fully saturated rings. The van der Waals surface area contributed by atoms with E-state index in [1.165, 1.54) is 11.1 Å². The smallest absolute Gasteiger partial charge is 0.169 e. The third-order valence-corrected chi connectivity index (χ3v) is 3.37. The zero-order chi connectivity index (χ0) is 9.05. The highest BCUT2D eigenvalue weighted by atomic mass is 16.1. The second-order valence-electron chi connectivity index (χ2n) is 4.45. The predicted octanol–water partition coefficient (Wildman–Crippen LogP) is 2.51. The average molecular weight is 172 g/mol. The number of carbonyl (C=O) groups excluding carboxylic acids is 1. The molecule has 13 heavy (non-hydrogen) atoms. The SMILES string of the molecule is Cc1ccc2c(c1)C(=O)C1(CC1)C2. The van der Waals surface area contributed by atoms with Gasteiger partial charge in [-0.05, 0) is 37.8 Å². The van der Waals surface area contributed by atoms with Crippen molar-refractivity contribution in [2.75, 3.05) is 0 Å². The minimum Gasteiger partial charge on any atom is -0.294 e. The standard InChI is InChI=1S/C12H12O/c1-8-2-3-9-7-12(4-5-12)11(13)10(9)6-8/h2-3,6H,4-5,7H2,1H3. The van der Waals surface area contributed by atoms with E-state index in [1.54, 1.807) is 0 Å². The van der Waals surface area contributed by atoms with Gasteiger partial charge >= 0.3 is 0 Å². The lowest BCUT2D eigenvalue weighted by atomic mass is 10.0. The molecular weight excluding hydrogens is 160 g/mol. The first-order valence-corrected chi connectivity index (χ1v) is 4.86. The van der Waals surface area contributed by atoms with Crippen LogP contribution >= 0.6 is 0 Å². The third kappa shape index (κ3) is 0.846. The van der Waals surface area contributed by atoms with Crippen LogP contribution in [0, 0.1) is 12.3 Å². The van der Waals surface area contributed by atoms with Gasteiger partial charge in [-0.15, -0.1) is 0 Å². The Kier molecular flexibility index (Phi) is 1.14. The first kappa shape index (κ1) is 7.31. The van der Waals surface area contributed by atoms with E-state index in [0.717, 1.165) is 24.8 Å². The number of benzene rings is 1. The van der Waals surface area contributed by atoms with Gasteiger partial charge in [-0.3, -0.25) is 4.79 Å². The lowest BCUT2D eigenvalue weighted by Gasteiger charge is -1.99. The third-order valence-electron chi connectivity index (χ3n) is 3.37. The molecule has 3 rings (SSSR count). The number of fused-ring (bicyclic) bond motifs is 1. The van der Waals surface area contributed by atoms with E-state index in [-0.39, 0.29) is 5.41 Å². The Hall–Kier alpha value is -1.11. The molecule has 0 amide bonds. The molecule has 0 saturated heterocycles. The Labute approximate surface area is 77.8 Å². The van der Waals surface area contributed by atoms with Gasteiger partial charge in [0.15, 0.2) is 5.78 Å². The van der Waals surface area contributed by atoms with Gasteiger partial charge in [0.05, 0.1) is 0 Å². The highest BCUT2D eigenvalue weighted by molar-refractivity contribution is 6.06. The fraction of sp³-hybridized carbons (Fsp3) is 0.417.